The summed E-state index contributed by atoms with van der Waals surface area (Å²) in [6.07, 6.45) is 1.62. The van der Waals surface area contributed by atoms with Crippen LogP contribution in [0.2, 0.25) is 0 Å². The van der Waals surface area contributed by atoms with Gasteiger partial charge in [0.05, 0.1) is 18.1 Å². The molecule has 0 aliphatic carbocycles. The van der Waals surface area contributed by atoms with E-state index in [0.717, 1.165) is 10.7 Å². The van der Waals surface area contributed by atoms with Crippen molar-refractivity contribution in [1.82, 2.24) is 14.5 Å². The van der Waals surface area contributed by atoms with Crippen LogP contribution >= 0.6 is 22.9 Å². The second-order valence-corrected chi connectivity index (χ2v) is 4.86. The fraction of sp³-hybridized carbons (Fsp3) is 0.182. The van der Waals surface area contributed by atoms with Crippen LogP contribution in [0.3, 0.4) is 0 Å². The van der Waals surface area contributed by atoms with Gasteiger partial charge in [-0.05, 0) is 12.1 Å². The lowest BCUT2D eigenvalue weighted by atomic mass is 10.4. The Hall–Kier alpha value is -1.66. The monoisotopic (exact) mass is 281 g/mol. The summed E-state index contributed by atoms with van der Waals surface area (Å²) in [4.78, 5) is 20.2. The molecular formula is C11H8ClN3O2S. The molecule has 0 N–H and O–H groups in total. The van der Waals surface area contributed by atoms with Gasteiger partial charge in [0.25, 0.3) is 0 Å². The Morgan fingerprint density at radius 1 is 1.50 bits per heavy atom. The first kappa shape index (κ1) is 11.4. The molecule has 18 heavy (non-hydrogen) atoms. The van der Waals surface area contributed by atoms with E-state index in [0.29, 0.717) is 23.7 Å². The van der Waals surface area contributed by atoms with E-state index in [2.05, 4.69) is 9.97 Å². The van der Waals surface area contributed by atoms with Gasteiger partial charge in [0.15, 0.2) is 11.2 Å². The molecule has 3 heterocycles. The Kier molecular flexibility index (Phi) is 2.89. The lowest BCUT2D eigenvalue weighted by Gasteiger charge is -1.96. The number of thiazole rings is 1. The first-order valence-electron chi connectivity index (χ1n) is 5.21. The van der Waals surface area contributed by atoms with Gasteiger partial charge in [-0.15, -0.1) is 22.9 Å². The molecule has 92 valence electrons. The van der Waals surface area contributed by atoms with Gasteiger partial charge in [-0.1, -0.05) is 0 Å². The molecule has 7 heteroatoms. The molecule has 0 bridgehead atoms. The summed E-state index contributed by atoms with van der Waals surface area (Å²) in [7, 11) is 0. The molecule has 0 spiro atoms. The minimum absolute atomic E-state index is 0.352. The van der Waals surface area contributed by atoms with Gasteiger partial charge in [0.1, 0.15) is 5.01 Å². The second kappa shape index (κ2) is 4.55. The Balaban J connectivity index is 2.04. The van der Waals surface area contributed by atoms with E-state index in [9.17, 15) is 4.79 Å². The van der Waals surface area contributed by atoms with E-state index in [-0.39, 0.29) is 0 Å². The Morgan fingerprint density at radius 3 is 3.17 bits per heavy atom. The molecule has 3 aromatic heterocycles. The summed E-state index contributed by atoms with van der Waals surface area (Å²) in [5.41, 5.74) is 1.83. The summed E-state index contributed by atoms with van der Waals surface area (Å²) >= 11 is 7.16. The molecule has 0 saturated carbocycles. The third-order valence-corrected chi connectivity index (χ3v) is 3.61. The third-order valence-electron chi connectivity index (χ3n) is 2.45. The molecule has 0 aliphatic rings. The van der Waals surface area contributed by atoms with Gasteiger partial charge in [0, 0.05) is 11.6 Å². The number of rotatable bonds is 3. The quantitative estimate of drug-likeness (QED) is 0.691. The van der Waals surface area contributed by atoms with Gasteiger partial charge in [0.2, 0.25) is 0 Å². The van der Waals surface area contributed by atoms with E-state index < -0.39 is 5.76 Å². The number of hydrogen-bond acceptors (Lipinski definition) is 5. The van der Waals surface area contributed by atoms with Crippen LogP contribution in [0.4, 0.5) is 0 Å². The molecule has 0 fully saturated rings. The number of hydrogen-bond donors (Lipinski definition) is 0. The molecule has 0 aliphatic heterocycles. The highest BCUT2D eigenvalue weighted by Gasteiger charge is 2.11. The van der Waals surface area contributed by atoms with E-state index in [1.54, 1.807) is 18.3 Å². The van der Waals surface area contributed by atoms with E-state index in [1.807, 2.05) is 5.38 Å². The van der Waals surface area contributed by atoms with Crippen LogP contribution in [0, 0.1) is 0 Å². The minimum atomic E-state index is -0.425. The van der Waals surface area contributed by atoms with Gasteiger partial charge >= 0.3 is 5.76 Å². The van der Waals surface area contributed by atoms with Crippen molar-refractivity contribution in [3.05, 3.63) is 45.0 Å². The standard InChI is InChI=1S/C11H8ClN3O2S/c12-4-7-6-18-9(14-7)5-15-10-8(17-11(15)16)2-1-3-13-10/h1-3,6H,4-5H2. The Labute approximate surface area is 111 Å². The number of aromatic nitrogens is 3. The number of nitrogens with zero attached hydrogens (tertiary/aromatic N) is 3. The molecule has 3 rings (SSSR count). The van der Waals surface area contributed by atoms with Gasteiger partial charge in [-0.25, -0.2) is 14.8 Å². The van der Waals surface area contributed by atoms with Crippen LogP contribution in [-0.4, -0.2) is 14.5 Å². The predicted molar refractivity (Wildman–Crippen MR) is 69.0 cm³/mol. The SMILES string of the molecule is O=c1oc2cccnc2n1Cc1nc(CCl)cs1. The van der Waals surface area contributed by atoms with Gasteiger partial charge in [-0.3, -0.25) is 4.57 Å². The van der Waals surface area contributed by atoms with Crippen molar-refractivity contribution in [2.75, 3.05) is 0 Å². The first-order chi connectivity index (χ1) is 8.78. The molecule has 0 atom stereocenters. The summed E-state index contributed by atoms with van der Waals surface area (Å²) in [6.45, 7) is 0.352. The number of halogens is 1. The summed E-state index contributed by atoms with van der Waals surface area (Å²) in [5, 5.41) is 2.68. The second-order valence-electron chi connectivity index (χ2n) is 3.65. The molecule has 3 aromatic rings. The zero-order chi connectivity index (χ0) is 12.5. The topological polar surface area (TPSA) is 60.9 Å². The number of fused-ring (bicyclic) bond motifs is 1. The van der Waals surface area contributed by atoms with Crippen LogP contribution in [0.1, 0.15) is 10.7 Å². The fourth-order valence-corrected chi connectivity index (χ4v) is 2.67. The largest absolute Gasteiger partial charge is 0.421 e. The summed E-state index contributed by atoms with van der Waals surface area (Å²) < 4.78 is 6.56. The highest BCUT2D eigenvalue weighted by atomic mass is 35.5. The Morgan fingerprint density at radius 2 is 2.39 bits per heavy atom. The maximum atomic E-state index is 11.7. The third kappa shape index (κ3) is 1.93. The van der Waals surface area contributed by atoms with Crippen molar-refractivity contribution >= 4 is 34.2 Å². The lowest BCUT2D eigenvalue weighted by molar-refractivity contribution is 0.517. The van der Waals surface area contributed by atoms with Crippen LogP contribution in [-0.2, 0) is 12.4 Å². The van der Waals surface area contributed by atoms with Crippen molar-refractivity contribution in [2.24, 2.45) is 0 Å². The molecule has 0 unspecified atom stereocenters. The highest BCUT2D eigenvalue weighted by molar-refractivity contribution is 7.09. The van der Waals surface area contributed by atoms with Crippen molar-refractivity contribution < 1.29 is 4.42 Å². The summed E-state index contributed by atoms with van der Waals surface area (Å²) in [5.74, 6) is -0.0539. The summed E-state index contributed by atoms with van der Waals surface area (Å²) in [6, 6.07) is 3.44. The average Bonchev–Trinajstić information content (AvgIpc) is 2.96. The van der Waals surface area contributed by atoms with Crippen LogP contribution in [0.25, 0.3) is 11.2 Å². The van der Waals surface area contributed by atoms with E-state index >= 15 is 0 Å². The van der Waals surface area contributed by atoms with Crippen molar-refractivity contribution in [2.45, 2.75) is 12.4 Å². The molecule has 0 saturated heterocycles. The van der Waals surface area contributed by atoms with Crippen molar-refractivity contribution in [3.8, 4) is 0 Å². The van der Waals surface area contributed by atoms with Crippen LogP contribution in [0.5, 0.6) is 0 Å². The highest BCUT2D eigenvalue weighted by Crippen LogP contribution is 2.15. The Bertz CT molecular complexity index is 746. The normalized spacial score (nSPS) is 11.2. The zero-order valence-electron chi connectivity index (χ0n) is 9.17. The molecule has 5 nitrogen and oxygen atoms in total. The van der Waals surface area contributed by atoms with Crippen LogP contribution in [0.15, 0.2) is 32.9 Å². The van der Waals surface area contributed by atoms with Crippen LogP contribution < -0.4 is 5.76 Å². The van der Waals surface area contributed by atoms with Crippen molar-refractivity contribution in [1.29, 1.82) is 0 Å². The lowest BCUT2D eigenvalue weighted by Crippen LogP contribution is -2.15. The number of alkyl halides is 1. The zero-order valence-corrected chi connectivity index (χ0v) is 10.7. The number of pyridine rings is 1. The molecule has 0 aromatic carbocycles. The molecular weight excluding hydrogens is 274 g/mol. The minimum Gasteiger partial charge on any atom is -0.406 e. The first-order valence-corrected chi connectivity index (χ1v) is 6.63. The predicted octanol–water partition coefficient (Wildman–Crippen LogP) is 2.23. The van der Waals surface area contributed by atoms with Gasteiger partial charge < -0.3 is 4.42 Å². The molecule has 0 radical (unpaired) electrons. The fourth-order valence-electron chi connectivity index (χ4n) is 1.66. The van der Waals surface area contributed by atoms with Crippen molar-refractivity contribution in [3.63, 3.8) is 0 Å². The maximum Gasteiger partial charge on any atom is 0.421 e. The average molecular weight is 282 g/mol. The smallest absolute Gasteiger partial charge is 0.406 e. The molecule has 0 amide bonds. The number of oxazole rings is 1. The van der Waals surface area contributed by atoms with E-state index in [1.165, 1.54) is 15.9 Å². The van der Waals surface area contributed by atoms with E-state index in [4.69, 9.17) is 16.0 Å². The van der Waals surface area contributed by atoms with Gasteiger partial charge in [-0.2, -0.15) is 0 Å². The maximum absolute atomic E-state index is 11.7.